The van der Waals surface area contributed by atoms with Gasteiger partial charge in [0.2, 0.25) is 5.16 Å². The summed E-state index contributed by atoms with van der Waals surface area (Å²) in [5.74, 6) is 1.71. The zero-order valence-corrected chi connectivity index (χ0v) is 12.7. The first-order valence-corrected chi connectivity index (χ1v) is 7.43. The van der Waals surface area contributed by atoms with E-state index >= 15 is 0 Å². The van der Waals surface area contributed by atoms with Crippen LogP contribution in [0.1, 0.15) is 28.7 Å². The highest BCUT2D eigenvalue weighted by Gasteiger charge is 2.08. The lowest BCUT2D eigenvalue weighted by molar-refractivity contribution is 0.0827. The van der Waals surface area contributed by atoms with E-state index in [1.807, 2.05) is 31.2 Å². The summed E-state index contributed by atoms with van der Waals surface area (Å²) in [6.45, 7) is 2.04. The van der Waals surface area contributed by atoms with Crippen molar-refractivity contribution in [2.75, 3.05) is 14.1 Å². The van der Waals surface area contributed by atoms with E-state index in [9.17, 15) is 4.79 Å². The lowest BCUT2D eigenvalue weighted by Crippen LogP contribution is -2.21. The Balaban J connectivity index is 1.95. The zero-order valence-electron chi connectivity index (χ0n) is 11.9. The minimum Gasteiger partial charge on any atom is -0.345 e. The summed E-state index contributed by atoms with van der Waals surface area (Å²) in [7, 11) is 3.50. The number of aryl methyl sites for hydroxylation is 1. The summed E-state index contributed by atoms with van der Waals surface area (Å²) in [6, 6.07) is 7.65. The number of H-pyrrole nitrogens is 1. The van der Waals surface area contributed by atoms with Crippen LogP contribution in [0, 0.1) is 0 Å². The Kier molecular flexibility index (Phi) is 4.79. The molecule has 0 spiro atoms. The fourth-order valence-electron chi connectivity index (χ4n) is 1.65. The van der Waals surface area contributed by atoms with Gasteiger partial charge in [-0.25, -0.2) is 4.98 Å². The Labute approximate surface area is 122 Å². The topological polar surface area (TPSA) is 61.9 Å². The van der Waals surface area contributed by atoms with E-state index < -0.39 is 0 Å². The molecule has 0 saturated carbocycles. The van der Waals surface area contributed by atoms with Crippen molar-refractivity contribution in [2.45, 2.75) is 24.3 Å². The normalized spacial score (nSPS) is 10.6. The van der Waals surface area contributed by atoms with Crippen molar-refractivity contribution in [3.8, 4) is 0 Å². The van der Waals surface area contributed by atoms with E-state index in [0.29, 0.717) is 5.56 Å². The van der Waals surface area contributed by atoms with E-state index in [1.54, 1.807) is 30.8 Å². The molecule has 0 fully saturated rings. The van der Waals surface area contributed by atoms with Crippen LogP contribution in [0.4, 0.5) is 0 Å². The van der Waals surface area contributed by atoms with Crippen LogP contribution in [0.5, 0.6) is 0 Å². The van der Waals surface area contributed by atoms with Gasteiger partial charge in [-0.1, -0.05) is 30.8 Å². The van der Waals surface area contributed by atoms with Gasteiger partial charge in [-0.3, -0.25) is 9.89 Å². The largest absolute Gasteiger partial charge is 0.345 e. The van der Waals surface area contributed by atoms with Crippen LogP contribution in [0.15, 0.2) is 29.4 Å². The van der Waals surface area contributed by atoms with Crippen LogP contribution in [0.2, 0.25) is 0 Å². The van der Waals surface area contributed by atoms with Crippen LogP contribution >= 0.6 is 11.8 Å². The Morgan fingerprint density at radius 2 is 2.00 bits per heavy atom. The SMILES string of the molecule is CCc1nc(SCc2ccc(C(=O)N(C)C)cc2)n[nH]1. The smallest absolute Gasteiger partial charge is 0.253 e. The Morgan fingerprint density at radius 1 is 1.30 bits per heavy atom. The third-order valence-electron chi connectivity index (χ3n) is 2.82. The summed E-state index contributed by atoms with van der Waals surface area (Å²) < 4.78 is 0. The fourth-order valence-corrected chi connectivity index (χ4v) is 2.42. The van der Waals surface area contributed by atoms with Crippen LogP contribution in [-0.2, 0) is 12.2 Å². The van der Waals surface area contributed by atoms with Crippen molar-refractivity contribution >= 4 is 17.7 Å². The lowest BCUT2D eigenvalue weighted by atomic mass is 10.1. The average molecular weight is 290 g/mol. The number of aromatic nitrogens is 3. The molecular weight excluding hydrogens is 272 g/mol. The van der Waals surface area contributed by atoms with Crippen LogP contribution in [-0.4, -0.2) is 40.1 Å². The summed E-state index contributed by atoms with van der Waals surface area (Å²) >= 11 is 1.58. The number of benzene rings is 1. The van der Waals surface area contributed by atoms with Gasteiger partial charge in [0.05, 0.1) is 0 Å². The Morgan fingerprint density at radius 3 is 2.55 bits per heavy atom. The molecule has 0 bridgehead atoms. The third kappa shape index (κ3) is 3.60. The van der Waals surface area contributed by atoms with Gasteiger partial charge in [-0.05, 0) is 17.7 Å². The number of nitrogens with one attached hydrogen (secondary N) is 1. The van der Waals surface area contributed by atoms with Crippen molar-refractivity contribution in [2.24, 2.45) is 0 Å². The molecule has 1 heterocycles. The summed E-state index contributed by atoms with van der Waals surface area (Å²) in [4.78, 5) is 17.7. The van der Waals surface area contributed by atoms with E-state index in [4.69, 9.17) is 0 Å². The molecule has 1 aromatic heterocycles. The Hall–Kier alpha value is -1.82. The van der Waals surface area contributed by atoms with Gasteiger partial charge < -0.3 is 4.90 Å². The van der Waals surface area contributed by atoms with Crippen molar-refractivity contribution < 1.29 is 4.79 Å². The predicted molar refractivity (Wildman–Crippen MR) is 79.8 cm³/mol. The number of rotatable bonds is 5. The molecule has 0 radical (unpaired) electrons. The summed E-state index contributed by atoms with van der Waals surface area (Å²) in [5.41, 5.74) is 1.85. The average Bonchev–Trinajstić information content (AvgIpc) is 2.93. The van der Waals surface area contributed by atoms with Gasteiger partial charge in [-0.2, -0.15) is 0 Å². The molecule has 0 atom stereocenters. The van der Waals surface area contributed by atoms with Gasteiger partial charge in [0, 0.05) is 31.8 Å². The molecule has 2 aromatic rings. The van der Waals surface area contributed by atoms with Gasteiger partial charge in [-0.15, -0.1) is 5.10 Å². The van der Waals surface area contributed by atoms with Crippen LogP contribution < -0.4 is 0 Å². The highest BCUT2D eigenvalue weighted by atomic mass is 32.2. The standard InChI is InChI=1S/C14H18N4OS/c1-4-12-15-14(17-16-12)20-9-10-5-7-11(8-6-10)13(19)18(2)3/h5-8H,4,9H2,1-3H3,(H,15,16,17). The molecule has 0 unspecified atom stereocenters. The van der Waals surface area contributed by atoms with Crippen molar-refractivity contribution in [3.63, 3.8) is 0 Å². The lowest BCUT2D eigenvalue weighted by Gasteiger charge is -2.10. The maximum atomic E-state index is 11.8. The third-order valence-corrected chi connectivity index (χ3v) is 3.74. The van der Waals surface area contributed by atoms with E-state index in [1.165, 1.54) is 0 Å². The number of carbonyl (C=O) groups excluding carboxylic acids is 1. The monoisotopic (exact) mass is 290 g/mol. The van der Waals surface area contributed by atoms with E-state index in [2.05, 4.69) is 15.2 Å². The second-order valence-electron chi connectivity index (χ2n) is 4.60. The minimum atomic E-state index is 0.0192. The number of carbonyl (C=O) groups is 1. The molecule has 1 aromatic carbocycles. The number of hydrogen-bond donors (Lipinski definition) is 1. The molecule has 0 aliphatic carbocycles. The molecule has 1 N–H and O–H groups in total. The molecular formula is C14H18N4OS. The van der Waals surface area contributed by atoms with Gasteiger partial charge in [0.1, 0.15) is 5.82 Å². The number of amides is 1. The zero-order chi connectivity index (χ0) is 14.5. The number of aromatic amines is 1. The minimum absolute atomic E-state index is 0.0192. The first kappa shape index (κ1) is 14.6. The van der Waals surface area contributed by atoms with E-state index in [0.717, 1.165) is 28.7 Å². The first-order valence-electron chi connectivity index (χ1n) is 6.44. The second-order valence-corrected chi connectivity index (χ2v) is 5.55. The van der Waals surface area contributed by atoms with Crippen molar-refractivity contribution in [3.05, 3.63) is 41.2 Å². The second kappa shape index (κ2) is 6.56. The number of nitrogens with zero attached hydrogens (tertiary/aromatic N) is 3. The molecule has 0 saturated heterocycles. The number of thioether (sulfide) groups is 1. The van der Waals surface area contributed by atoms with Crippen LogP contribution in [0.25, 0.3) is 0 Å². The highest BCUT2D eigenvalue weighted by Crippen LogP contribution is 2.19. The van der Waals surface area contributed by atoms with Gasteiger partial charge in [0.15, 0.2) is 0 Å². The molecule has 2 rings (SSSR count). The predicted octanol–water partition coefficient (Wildman–Crippen LogP) is 2.36. The quantitative estimate of drug-likeness (QED) is 0.859. The summed E-state index contributed by atoms with van der Waals surface area (Å²) in [5, 5.41) is 7.79. The van der Waals surface area contributed by atoms with Crippen molar-refractivity contribution in [1.29, 1.82) is 0 Å². The highest BCUT2D eigenvalue weighted by molar-refractivity contribution is 7.98. The molecule has 5 nitrogen and oxygen atoms in total. The fraction of sp³-hybridized carbons (Fsp3) is 0.357. The first-order chi connectivity index (χ1) is 9.60. The van der Waals surface area contributed by atoms with Crippen LogP contribution in [0.3, 0.4) is 0 Å². The maximum absolute atomic E-state index is 11.8. The van der Waals surface area contributed by atoms with Gasteiger partial charge in [0.25, 0.3) is 5.91 Å². The molecule has 0 aliphatic heterocycles. The molecule has 6 heteroatoms. The van der Waals surface area contributed by atoms with Crippen molar-refractivity contribution in [1.82, 2.24) is 20.1 Å². The molecule has 1 amide bonds. The molecule has 106 valence electrons. The molecule has 0 aliphatic rings. The van der Waals surface area contributed by atoms with E-state index in [-0.39, 0.29) is 5.91 Å². The molecule has 20 heavy (non-hydrogen) atoms. The van der Waals surface area contributed by atoms with Gasteiger partial charge >= 0.3 is 0 Å². The Bertz CT molecular complexity index is 577. The maximum Gasteiger partial charge on any atom is 0.253 e. The summed E-state index contributed by atoms with van der Waals surface area (Å²) in [6.07, 6.45) is 0.856. The number of hydrogen-bond acceptors (Lipinski definition) is 4.